The van der Waals surface area contributed by atoms with Gasteiger partial charge in [-0.2, -0.15) is 0 Å². The van der Waals surface area contributed by atoms with Crippen LogP contribution in [0.1, 0.15) is 11.3 Å². The number of aromatic amines is 1. The van der Waals surface area contributed by atoms with Gasteiger partial charge in [-0.15, -0.1) is 0 Å². The van der Waals surface area contributed by atoms with Gasteiger partial charge in [0.25, 0.3) is 0 Å². The lowest BCUT2D eigenvalue weighted by molar-refractivity contribution is 0.262. The molecule has 2 amide bonds. The third-order valence-electron chi connectivity index (χ3n) is 4.27. The molecule has 0 saturated heterocycles. The molecule has 6 nitrogen and oxygen atoms in total. The van der Waals surface area contributed by atoms with Crippen molar-refractivity contribution in [3.63, 3.8) is 0 Å². The molecule has 0 unspecified atom stereocenters. The number of H-pyrrole nitrogens is 1. The molecule has 0 spiro atoms. The van der Waals surface area contributed by atoms with Gasteiger partial charge in [-0.1, -0.05) is 24.3 Å². The van der Waals surface area contributed by atoms with Crippen molar-refractivity contribution in [1.82, 2.24) is 9.97 Å². The Morgan fingerprint density at radius 3 is 2.76 bits per heavy atom. The minimum atomic E-state index is -0.247. The average molecular weight is 333 g/mol. The van der Waals surface area contributed by atoms with E-state index in [4.69, 9.17) is 0 Å². The van der Waals surface area contributed by atoms with Crippen LogP contribution >= 0.6 is 0 Å². The predicted octanol–water partition coefficient (Wildman–Crippen LogP) is 3.62. The van der Waals surface area contributed by atoms with Crippen molar-refractivity contribution in [3.05, 3.63) is 72.3 Å². The molecule has 2 aromatic carbocycles. The van der Waals surface area contributed by atoms with E-state index in [9.17, 15) is 4.79 Å². The van der Waals surface area contributed by atoms with Crippen molar-refractivity contribution in [3.8, 4) is 0 Å². The molecule has 0 radical (unpaired) electrons. The second-order valence-electron chi connectivity index (χ2n) is 6.02. The van der Waals surface area contributed by atoms with Gasteiger partial charge >= 0.3 is 6.03 Å². The summed E-state index contributed by atoms with van der Waals surface area (Å²) in [5.41, 5.74) is 5.00. The maximum Gasteiger partial charge on any atom is 0.323 e. The van der Waals surface area contributed by atoms with Crippen LogP contribution in [0, 0.1) is 0 Å². The summed E-state index contributed by atoms with van der Waals surface area (Å²) in [4.78, 5) is 21.7. The molecule has 126 valence electrons. The number of urea groups is 1. The van der Waals surface area contributed by atoms with E-state index in [0.717, 1.165) is 42.3 Å². The van der Waals surface area contributed by atoms with E-state index in [1.54, 1.807) is 6.33 Å². The Morgan fingerprint density at radius 1 is 1.12 bits per heavy atom. The first-order valence-corrected chi connectivity index (χ1v) is 8.26. The Hall–Kier alpha value is -3.28. The SMILES string of the molecule is O=C(Nc1ccccc1)Nc1ccc2c(c1)N(Cc1c[nH]cn1)CC2. The van der Waals surface area contributed by atoms with Gasteiger partial charge in [0.05, 0.1) is 18.6 Å². The molecule has 3 N–H and O–H groups in total. The second kappa shape index (κ2) is 6.68. The first kappa shape index (κ1) is 15.3. The van der Waals surface area contributed by atoms with Gasteiger partial charge in [0, 0.05) is 29.8 Å². The van der Waals surface area contributed by atoms with Gasteiger partial charge in [0.15, 0.2) is 0 Å². The zero-order valence-corrected chi connectivity index (χ0v) is 13.7. The Balaban J connectivity index is 1.46. The number of carbonyl (C=O) groups is 1. The standard InChI is InChI=1S/C19H19N5O/c25-19(22-15-4-2-1-3-5-15)23-16-7-6-14-8-9-24(18(14)10-16)12-17-11-20-13-21-17/h1-7,10-11,13H,8-9,12H2,(H,20,21)(H2,22,23,25). The smallest absolute Gasteiger partial charge is 0.323 e. The number of aromatic nitrogens is 2. The van der Waals surface area contributed by atoms with Crippen LogP contribution in [-0.2, 0) is 13.0 Å². The van der Waals surface area contributed by atoms with Gasteiger partial charge in [0.1, 0.15) is 0 Å². The lowest BCUT2D eigenvalue weighted by atomic mass is 10.1. The fraction of sp³-hybridized carbons (Fsp3) is 0.158. The summed E-state index contributed by atoms with van der Waals surface area (Å²) in [5.74, 6) is 0. The van der Waals surface area contributed by atoms with E-state index < -0.39 is 0 Å². The number of para-hydroxylation sites is 1. The van der Waals surface area contributed by atoms with Crippen LogP contribution < -0.4 is 15.5 Å². The Bertz CT molecular complexity index is 861. The van der Waals surface area contributed by atoms with Crippen LogP contribution in [0.2, 0.25) is 0 Å². The maximum atomic E-state index is 12.2. The topological polar surface area (TPSA) is 73.1 Å². The van der Waals surface area contributed by atoms with Crippen LogP contribution in [-0.4, -0.2) is 22.5 Å². The van der Waals surface area contributed by atoms with E-state index in [1.165, 1.54) is 5.56 Å². The van der Waals surface area contributed by atoms with Crippen molar-refractivity contribution in [2.45, 2.75) is 13.0 Å². The average Bonchev–Trinajstić information content (AvgIpc) is 3.26. The largest absolute Gasteiger partial charge is 0.365 e. The zero-order chi connectivity index (χ0) is 17.1. The maximum absolute atomic E-state index is 12.2. The number of fused-ring (bicyclic) bond motifs is 1. The molecule has 2 heterocycles. The monoisotopic (exact) mass is 333 g/mol. The Labute approximate surface area is 145 Å². The molecule has 0 fully saturated rings. The van der Waals surface area contributed by atoms with E-state index in [0.29, 0.717) is 0 Å². The first-order chi connectivity index (χ1) is 12.3. The highest BCUT2D eigenvalue weighted by atomic mass is 16.2. The number of amides is 2. The highest BCUT2D eigenvalue weighted by Gasteiger charge is 2.20. The van der Waals surface area contributed by atoms with E-state index in [-0.39, 0.29) is 6.03 Å². The van der Waals surface area contributed by atoms with Gasteiger partial charge in [-0.25, -0.2) is 9.78 Å². The third-order valence-corrected chi connectivity index (χ3v) is 4.27. The van der Waals surface area contributed by atoms with Gasteiger partial charge in [0.2, 0.25) is 0 Å². The van der Waals surface area contributed by atoms with Crippen LogP contribution in [0.5, 0.6) is 0 Å². The quantitative estimate of drug-likeness (QED) is 0.683. The number of imidazole rings is 1. The van der Waals surface area contributed by atoms with Crippen LogP contribution in [0.25, 0.3) is 0 Å². The summed E-state index contributed by atoms with van der Waals surface area (Å²) in [6.07, 6.45) is 4.61. The predicted molar refractivity (Wildman–Crippen MR) is 98.9 cm³/mol. The molecule has 0 atom stereocenters. The molecule has 0 aliphatic carbocycles. The molecule has 6 heteroatoms. The van der Waals surface area contributed by atoms with Crippen molar-refractivity contribution in [2.24, 2.45) is 0 Å². The van der Waals surface area contributed by atoms with Gasteiger partial charge in [-0.05, 0) is 36.2 Å². The number of nitrogens with zero attached hydrogens (tertiary/aromatic N) is 2. The van der Waals surface area contributed by atoms with Crippen LogP contribution in [0.3, 0.4) is 0 Å². The summed E-state index contributed by atoms with van der Waals surface area (Å²) in [7, 11) is 0. The summed E-state index contributed by atoms with van der Waals surface area (Å²) in [5, 5.41) is 5.73. The van der Waals surface area contributed by atoms with E-state index in [1.807, 2.05) is 48.7 Å². The number of rotatable bonds is 4. The number of benzene rings is 2. The van der Waals surface area contributed by atoms with Crippen molar-refractivity contribution in [1.29, 1.82) is 0 Å². The van der Waals surface area contributed by atoms with Crippen molar-refractivity contribution in [2.75, 3.05) is 22.1 Å². The molecular formula is C19H19N5O. The summed E-state index contributed by atoms with van der Waals surface area (Å²) in [6.45, 7) is 1.72. The van der Waals surface area contributed by atoms with Crippen molar-refractivity contribution >= 4 is 23.1 Å². The third kappa shape index (κ3) is 3.47. The number of hydrogen-bond acceptors (Lipinski definition) is 3. The lowest BCUT2D eigenvalue weighted by Crippen LogP contribution is -2.21. The lowest BCUT2D eigenvalue weighted by Gasteiger charge is -2.19. The molecule has 3 aromatic rings. The number of anilines is 3. The fourth-order valence-electron chi connectivity index (χ4n) is 3.08. The molecule has 25 heavy (non-hydrogen) atoms. The minimum Gasteiger partial charge on any atom is -0.365 e. The Kier molecular flexibility index (Phi) is 4.08. The number of carbonyl (C=O) groups excluding carboxylic acids is 1. The van der Waals surface area contributed by atoms with Crippen LogP contribution in [0.15, 0.2) is 61.1 Å². The van der Waals surface area contributed by atoms with E-state index >= 15 is 0 Å². The van der Waals surface area contributed by atoms with Crippen LogP contribution in [0.4, 0.5) is 21.9 Å². The normalized spacial score (nSPS) is 12.7. The number of hydrogen-bond donors (Lipinski definition) is 3. The van der Waals surface area contributed by atoms with Crippen molar-refractivity contribution < 1.29 is 4.79 Å². The Morgan fingerprint density at radius 2 is 1.96 bits per heavy atom. The fourth-order valence-corrected chi connectivity index (χ4v) is 3.08. The molecular weight excluding hydrogens is 314 g/mol. The molecule has 1 aliphatic heterocycles. The first-order valence-electron chi connectivity index (χ1n) is 8.26. The highest BCUT2D eigenvalue weighted by Crippen LogP contribution is 2.31. The zero-order valence-electron chi connectivity index (χ0n) is 13.7. The molecule has 4 rings (SSSR count). The molecule has 1 aliphatic rings. The van der Waals surface area contributed by atoms with E-state index in [2.05, 4.69) is 31.6 Å². The molecule has 1 aromatic heterocycles. The second-order valence-corrected chi connectivity index (χ2v) is 6.02. The molecule has 0 saturated carbocycles. The molecule has 0 bridgehead atoms. The number of nitrogens with one attached hydrogen (secondary N) is 3. The minimum absolute atomic E-state index is 0.247. The highest BCUT2D eigenvalue weighted by molar-refractivity contribution is 6.00. The summed E-state index contributed by atoms with van der Waals surface area (Å²) < 4.78 is 0. The van der Waals surface area contributed by atoms with Gasteiger partial charge < -0.3 is 20.5 Å². The summed E-state index contributed by atoms with van der Waals surface area (Å²) >= 11 is 0. The summed E-state index contributed by atoms with van der Waals surface area (Å²) in [6, 6.07) is 15.2. The van der Waals surface area contributed by atoms with Gasteiger partial charge in [-0.3, -0.25) is 0 Å².